The number of ether oxygens (including phenoxy) is 1. The molecule has 0 spiro atoms. The van der Waals surface area contributed by atoms with E-state index in [2.05, 4.69) is 26.8 Å². The summed E-state index contributed by atoms with van der Waals surface area (Å²) in [5.41, 5.74) is 7.90. The summed E-state index contributed by atoms with van der Waals surface area (Å²) in [4.78, 5) is 0. The Kier molecular flexibility index (Phi) is 4.36. The molecule has 0 aliphatic carbocycles. The third-order valence-electron chi connectivity index (χ3n) is 3.16. The Balaban J connectivity index is 2.26. The molecule has 20 heavy (non-hydrogen) atoms. The molecule has 0 aliphatic heterocycles. The number of benzene rings is 2. The summed E-state index contributed by atoms with van der Waals surface area (Å²) >= 11 is 6.21. The van der Waals surface area contributed by atoms with Crippen LogP contribution >= 0.6 is 11.6 Å². The molecule has 0 saturated heterocycles. The normalized spacial score (nSPS) is 11.4. The zero-order valence-electron chi connectivity index (χ0n) is 12.1. The zero-order valence-corrected chi connectivity index (χ0v) is 12.9. The predicted molar refractivity (Wildman–Crippen MR) is 84.6 cm³/mol. The fourth-order valence-corrected chi connectivity index (χ4v) is 2.15. The number of rotatable bonds is 3. The molecule has 2 nitrogen and oxygen atoms in total. The van der Waals surface area contributed by atoms with Crippen LogP contribution in [-0.2, 0) is 12.0 Å². The minimum absolute atomic E-state index is 0.0899. The van der Waals surface area contributed by atoms with E-state index in [1.165, 1.54) is 5.56 Å². The summed E-state index contributed by atoms with van der Waals surface area (Å²) in [6.45, 7) is 7.00. The highest BCUT2D eigenvalue weighted by Crippen LogP contribution is 2.32. The molecule has 0 radical (unpaired) electrons. The van der Waals surface area contributed by atoms with Crippen molar-refractivity contribution in [2.75, 3.05) is 0 Å². The molecule has 2 aromatic carbocycles. The van der Waals surface area contributed by atoms with Crippen molar-refractivity contribution in [3.8, 4) is 11.5 Å². The van der Waals surface area contributed by atoms with Gasteiger partial charge in [0.2, 0.25) is 0 Å². The van der Waals surface area contributed by atoms with Gasteiger partial charge < -0.3 is 10.5 Å². The fraction of sp³-hybridized carbons (Fsp3) is 0.294. The minimum atomic E-state index is 0.0899. The first-order chi connectivity index (χ1) is 9.40. The van der Waals surface area contributed by atoms with Gasteiger partial charge in [0.05, 0.1) is 5.02 Å². The van der Waals surface area contributed by atoms with Crippen LogP contribution in [0.4, 0.5) is 0 Å². The summed E-state index contributed by atoms with van der Waals surface area (Å²) in [6.07, 6.45) is 0. The lowest BCUT2D eigenvalue weighted by Crippen LogP contribution is -2.10. The van der Waals surface area contributed by atoms with Gasteiger partial charge in [-0.15, -0.1) is 0 Å². The highest BCUT2D eigenvalue weighted by atomic mass is 35.5. The molecule has 2 N–H and O–H groups in total. The van der Waals surface area contributed by atoms with Crippen LogP contribution < -0.4 is 10.5 Å². The monoisotopic (exact) mass is 289 g/mol. The van der Waals surface area contributed by atoms with Crippen LogP contribution in [0.25, 0.3) is 0 Å². The molecule has 0 aromatic heterocycles. The predicted octanol–water partition coefficient (Wildman–Crippen LogP) is 4.89. The smallest absolute Gasteiger partial charge is 0.146 e. The molecule has 2 rings (SSSR count). The minimum Gasteiger partial charge on any atom is -0.456 e. The van der Waals surface area contributed by atoms with E-state index in [9.17, 15) is 0 Å². The Hall–Kier alpha value is -1.51. The Morgan fingerprint density at radius 2 is 1.85 bits per heavy atom. The van der Waals surface area contributed by atoms with Gasteiger partial charge in [-0.3, -0.25) is 0 Å². The van der Waals surface area contributed by atoms with Crippen LogP contribution in [0.1, 0.15) is 31.9 Å². The van der Waals surface area contributed by atoms with Crippen molar-refractivity contribution in [3.63, 3.8) is 0 Å². The molecular weight excluding hydrogens is 270 g/mol. The van der Waals surface area contributed by atoms with Gasteiger partial charge in [0, 0.05) is 6.54 Å². The van der Waals surface area contributed by atoms with Crippen molar-refractivity contribution in [2.45, 2.75) is 32.7 Å². The SMILES string of the molecule is CC(C)(C)c1cccc(Oc2ccc(CN)cc2Cl)c1. The topological polar surface area (TPSA) is 35.2 Å². The fourth-order valence-electron chi connectivity index (χ4n) is 1.91. The third-order valence-corrected chi connectivity index (χ3v) is 3.46. The van der Waals surface area contributed by atoms with Gasteiger partial charge >= 0.3 is 0 Å². The first kappa shape index (κ1) is 14.9. The van der Waals surface area contributed by atoms with Crippen molar-refractivity contribution in [1.82, 2.24) is 0 Å². The quantitative estimate of drug-likeness (QED) is 0.873. The molecule has 0 unspecified atom stereocenters. The standard InChI is InChI=1S/C17H20ClNO/c1-17(2,3)13-5-4-6-14(10-13)20-16-8-7-12(11-19)9-15(16)18/h4-10H,11,19H2,1-3H3. The first-order valence-electron chi connectivity index (χ1n) is 6.67. The second-order valence-corrected chi connectivity index (χ2v) is 6.26. The summed E-state index contributed by atoms with van der Waals surface area (Å²) in [5, 5.41) is 0.578. The molecule has 0 bridgehead atoms. The van der Waals surface area contributed by atoms with Gasteiger partial charge in [0.1, 0.15) is 11.5 Å². The molecule has 0 heterocycles. The second-order valence-electron chi connectivity index (χ2n) is 5.85. The Labute approximate surface area is 125 Å². The number of halogens is 1. The van der Waals surface area contributed by atoms with Gasteiger partial charge in [0.25, 0.3) is 0 Å². The number of nitrogens with two attached hydrogens (primary N) is 1. The molecular formula is C17H20ClNO. The van der Waals surface area contributed by atoms with E-state index in [1.807, 2.05) is 36.4 Å². The lowest BCUT2D eigenvalue weighted by Gasteiger charge is -2.20. The summed E-state index contributed by atoms with van der Waals surface area (Å²) in [6, 6.07) is 13.7. The maximum atomic E-state index is 6.21. The average Bonchev–Trinajstić information content (AvgIpc) is 2.40. The maximum Gasteiger partial charge on any atom is 0.146 e. The van der Waals surface area contributed by atoms with Gasteiger partial charge in [-0.1, -0.05) is 50.6 Å². The highest BCUT2D eigenvalue weighted by Gasteiger charge is 2.14. The van der Waals surface area contributed by atoms with Gasteiger partial charge in [-0.25, -0.2) is 0 Å². The second kappa shape index (κ2) is 5.86. The average molecular weight is 290 g/mol. The first-order valence-corrected chi connectivity index (χ1v) is 7.05. The lowest BCUT2D eigenvalue weighted by atomic mass is 9.87. The summed E-state index contributed by atoms with van der Waals surface area (Å²) in [5.74, 6) is 1.44. The van der Waals surface area contributed by atoms with E-state index in [4.69, 9.17) is 22.1 Å². The van der Waals surface area contributed by atoms with Crippen molar-refractivity contribution >= 4 is 11.6 Å². The maximum absolute atomic E-state index is 6.21. The van der Waals surface area contributed by atoms with Crippen molar-refractivity contribution < 1.29 is 4.74 Å². The van der Waals surface area contributed by atoms with Crippen molar-refractivity contribution in [2.24, 2.45) is 5.73 Å². The Morgan fingerprint density at radius 3 is 2.45 bits per heavy atom. The molecule has 0 fully saturated rings. The van der Waals surface area contributed by atoms with E-state index in [0.29, 0.717) is 17.3 Å². The van der Waals surface area contributed by atoms with Crippen molar-refractivity contribution in [1.29, 1.82) is 0 Å². The third kappa shape index (κ3) is 3.53. The van der Waals surface area contributed by atoms with Gasteiger partial charge in [-0.05, 0) is 40.8 Å². The highest BCUT2D eigenvalue weighted by molar-refractivity contribution is 6.32. The van der Waals surface area contributed by atoms with E-state index in [1.54, 1.807) is 0 Å². The van der Waals surface area contributed by atoms with Crippen LogP contribution in [0.5, 0.6) is 11.5 Å². The van der Waals surface area contributed by atoms with Crippen LogP contribution in [0, 0.1) is 0 Å². The van der Waals surface area contributed by atoms with Crippen LogP contribution in [0.2, 0.25) is 5.02 Å². The largest absolute Gasteiger partial charge is 0.456 e. The molecule has 106 valence electrons. The molecule has 0 aliphatic rings. The molecule has 0 saturated carbocycles. The summed E-state index contributed by atoms with van der Waals surface area (Å²) in [7, 11) is 0. The van der Waals surface area contributed by atoms with Crippen molar-refractivity contribution in [3.05, 3.63) is 58.6 Å². The number of hydrogen-bond acceptors (Lipinski definition) is 2. The molecule has 3 heteroatoms. The lowest BCUT2D eigenvalue weighted by molar-refractivity contribution is 0.478. The van der Waals surface area contributed by atoms with Gasteiger partial charge in [0.15, 0.2) is 0 Å². The molecule has 0 atom stereocenters. The van der Waals surface area contributed by atoms with E-state index in [0.717, 1.165) is 11.3 Å². The van der Waals surface area contributed by atoms with E-state index < -0.39 is 0 Å². The van der Waals surface area contributed by atoms with E-state index in [-0.39, 0.29) is 5.41 Å². The molecule has 0 amide bonds. The zero-order chi connectivity index (χ0) is 14.8. The summed E-state index contributed by atoms with van der Waals surface area (Å²) < 4.78 is 5.87. The van der Waals surface area contributed by atoms with Gasteiger partial charge in [-0.2, -0.15) is 0 Å². The van der Waals surface area contributed by atoms with Crippen LogP contribution in [0.15, 0.2) is 42.5 Å². The number of hydrogen-bond donors (Lipinski definition) is 1. The van der Waals surface area contributed by atoms with E-state index >= 15 is 0 Å². The molecule has 2 aromatic rings. The Bertz CT molecular complexity index is 602. The van der Waals surface area contributed by atoms with Crippen LogP contribution in [0.3, 0.4) is 0 Å². The van der Waals surface area contributed by atoms with Crippen LogP contribution in [-0.4, -0.2) is 0 Å². The Morgan fingerprint density at radius 1 is 1.10 bits per heavy atom.